The van der Waals surface area contributed by atoms with Gasteiger partial charge in [0.1, 0.15) is 11.6 Å². The molecule has 0 aromatic heterocycles. The summed E-state index contributed by atoms with van der Waals surface area (Å²) in [4.78, 5) is 0. The summed E-state index contributed by atoms with van der Waals surface area (Å²) >= 11 is 0. The van der Waals surface area contributed by atoms with Crippen LogP contribution in [0.15, 0.2) is 42.5 Å². The van der Waals surface area contributed by atoms with E-state index in [0.29, 0.717) is 30.5 Å². The molecular weight excluding hydrogens is 265 g/mol. The van der Waals surface area contributed by atoms with E-state index in [1.54, 1.807) is 6.07 Å². The van der Waals surface area contributed by atoms with Gasteiger partial charge in [0, 0.05) is 23.7 Å². The van der Waals surface area contributed by atoms with E-state index >= 15 is 0 Å². The van der Waals surface area contributed by atoms with Crippen molar-refractivity contribution in [3.05, 3.63) is 53.8 Å². The Morgan fingerprint density at radius 1 is 1.10 bits per heavy atom. The predicted molar refractivity (Wildman–Crippen MR) is 85.0 cm³/mol. The van der Waals surface area contributed by atoms with E-state index in [4.69, 9.17) is 4.74 Å². The van der Waals surface area contributed by atoms with Crippen LogP contribution in [0.3, 0.4) is 0 Å². The van der Waals surface area contributed by atoms with E-state index in [0.717, 1.165) is 11.1 Å². The Kier molecular flexibility index (Phi) is 5.34. The highest BCUT2D eigenvalue weighted by Gasteiger charge is 2.11. The zero-order valence-corrected chi connectivity index (χ0v) is 12.8. The molecule has 21 heavy (non-hydrogen) atoms. The van der Waals surface area contributed by atoms with Crippen molar-refractivity contribution in [1.82, 2.24) is 5.32 Å². The zero-order chi connectivity index (χ0) is 15.2. The van der Waals surface area contributed by atoms with E-state index in [1.807, 2.05) is 43.3 Å². The molecule has 0 spiro atoms. The molecule has 0 saturated heterocycles. The van der Waals surface area contributed by atoms with Gasteiger partial charge in [0.05, 0.1) is 6.61 Å². The van der Waals surface area contributed by atoms with Crippen LogP contribution in [0.25, 0.3) is 11.1 Å². The van der Waals surface area contributed by atoms with Crippen molar-refractivity contribution in [2.24, 2.45) is 0 Å². The van der Waals surface area contributed by atoms with E-state index in [2.05, 4.69) is 19.2 Å². The second kappa shape index (κ2) is 7.23. The van der Waals surface area contributed by atoms with Gasteiger partial charge in [0.25, 0.3) is 0 Å². The first kappa shape index (κ1) is 15.5. The quantitative estimate of drug-likeness (QED) is 0.850. The van der Waals surface area contributed by atoms with Crippen molar-refractivity contribution < 1.29 is 9.13 Å². The van der Waals surface area contributed by atoms with Crippen LogP contribution in [0, 0.1) is 5.82 Å². The molecule has 0 saturated carbocycles. The molecule has 2 aromatic carbocycles. The van der Waals surface area contributed by atoms with Crippen LogP contribution in [0.4, 0.5) is 4.39 Å². The van der Waals surface area contributed by atoms with Gasteiger partial charge in [-0.25, -0.2) is 4.39 Å². The molecule has 2 rings (SSSR count). The second-order valence-corrected chi connectivity index (χ2v) is 5.28. The number of para-hydroxylation sites is 1. The number of halogens is 1. The Hall–Kier alpha value is -1.87. The highest BCUT2D eigenvalue weighted by atomic mass is 19.1. The lowest BCUT2D eigenvalue weighted by Gasteiger charge is -2.13. The lowest BCUT2D eigenvalue weighted by Crippen LogP contribution is -2.21. The van der Waals surface area contributed by atoms with Gasteiger partial charge in [-0.15, -0.1) is 0 Å². The maximum absolute atomic E-state index is 14.4. The summed E-state index contributed by atoms with van der Waals surface area (Å²) in [6, 6.07) is 13.3. The molecule has 0 aliphatic rings. The van der Waals surface area contributed by atoms with E-state index < -0.39 is 0 Å². The van der Waals surface area contributed by atoms with Crippen LogP contribution in [-0.4, -0.2) is 12.6 Å². The Morgan fingerprint density at radius 2 is 1.86 bits per heavy atom. The Morgan fingerprint density at radius 3 is 2.52 bits per heavy atom. The number of benzene rings is 2. The summed E-state index contributed by atoms with van der Waals surface area (Å²) in [7, 11) is 0. The van der Waals surface area contributed by atoms with Crippen LogP contribution in [0.1, 0.15) is 26.3 Å². The van der Waals surface area contributed by atoms with Crippen LogP contribution >= 0.6 is 0 Å². The van der Waals surface area contributed by atoms with Gasteiger partial charge in [-0.3, -0.25) is 0 Å². The van der Waals surface area contributed by atoms with Crippen molar-refractivity contribution in [2.75, 3.05) is 6.61 Å². The molecule has 1 N–H and O–H groups in total. The SMILES string of the molecule is CCOc1ccccc1-c1ccc(CNC(C)C)cc1F. The van der Waals surface area contributed by atoms with Crippen LogP contribution in [0.2, 0.25) is 0 Å². The van der Waals surface area contributed by atoms with Crippen LogP contribution in [-0.2, 0) is 6.54 Å². The van der Waals surface area contributed by atoms with E-state index in [1.165, 1.54) is 0 Å². The number of nitrogens with one attached hydrogen (secondary N) is 1. The highest BCUT2D eigenvalue weighted by Crippen LogP contribution is 2.32. The van der Waals surface area contributed by atoms with Crippen molar-refractivity contribution in [2.45, 2.75) is 33.4 Å². The summed E-state index contributed by atoms with van der Waals surface area (Å²) < 4.78 is 20.0. The molecule has 0 amide bonds. The predicted octanol–water partition coefficient (Wildman–Crippen LogP) is 4.39. The monoisotopic (exact) mass is 287 g/mol. The molecule has 0 aliphatic carbocycles. The van der Waals surface area contributed by atoms with Gasteiger partial charge < -0.3 is 10.1 Å². The molecule has 0 radical (unpaired) electrons. The summed E-state index contributed by atoms with van der Waals surface area (Å²) in [6.45, 7) is 7.30. The first-order valence-electron chi connectivity index (χ1n) is 7.35. The number of hydrogen-bond acceptors (Lipinski definition) is 2. The van der Waals surface area contributed by atoms with Gasteiger partial charge >= 0.3 is 0 Å². The first-order valence-corrected chi connectivity index (χ1v) is 7.35. The molecule has 0 atom stereocenters. The van der Waals surface area contributed by atoms with Gasteiger partial charge in [0.15, 0.2) is 0 Å². The van der Waals surface area contributed by atoms with Crippen molar-refractivity contribution >= 4 is 0 Å². The van der Waals surface area contributed by atoms with Crippen LogP contribution < -0.4 is 10.1 Å². The zero-order valence-electron chi connectivity index (χ0n) is 12.8. The molecule has 0 aliphatic heterocycles. The Balaban J connectivity index is 2.29. The van der Waals surface area contributed by atoms with E-state index in [-0.39, 0.29) is 5.82 Å². The van der Waals surface area contributed by atoms with Crippen molar-refractivity contribution in [1.29, 1.82) is 0 Å². The lowest BCUT2D eigenvalue weighted by molar-refractivity contribution is 0.341. The standard InChI is InChI=1S/C18H22FNO/c1-4-21-18-8-6-5-7-16(18)15-10-9-14(11-17(15)19)12-20-13(2)3/h5-11,13,20H,4,12H2,1-3H3. The summed E-state index contributed by atoms with van der Waals surface area (Å²) in [6.07, 6.45) is 0. The summed E-state index contributed by atoms with van der Waals surface area (Å²) in [5.41, 5.74) is 2.31. The maximum Gasteiger partial charge on any atom is 0.131 e. The Labute approximate surface area is 126 Å². The second-order valence-electron chi connectivity index (χ2n) is 5.28. The fourth-order valence-electron chi connectivity index (χ4n) is 2.18. The molecule has 0 bridgehead atoms. The van der Waals surface area contributed by atoms with Gasteiger partial charge in [-0.2, -0.15) is 0 Å². The number of ether oxygens (including phenoxy) is 1. The average Bonchev–Trinajstić information content (AvgIpc) is 2.46. The topological polar surface area (TPSA) is 21.3 Å². The molecule has 0 heterocycles. The normalized spacial score (nSPS) is 10.9. The molecule has 3 heteroatoms. The van der Waals surface area contributed by atoms with Gasteiger partial charge in [-0.05, 0) is 24.6 Å². The number of rotatable bonds is 6. The minimum atomic E-state index is -0.217. The number of hydrogen-bond donors (Lipinski definition) is 1. The minimum Gasteiger partial charge on any atom is -0.493 e. The van der Waals surface area contributed by atoms with E-state index in [9.17, 15) is 4.39 Å². The Bertz CT molecular complexity index is 596. The summed E-state index contributed by atoms with van der Waals surface area (Å²) in [5.74, 6) is 0.497. The fourth-order valence-corrected chi connectivity index (χ4v) is 2.18. The highest BCUT2D eigenvalue weighted by molar-refractivity contribution is 5.71. The van der Waals surface area contributed by atoms with Crippen LogP contribution in [0.5, 0.6) is 5.75 Å². The molecular formula is C18H22FNO. The molecule has 0 fully saturated rings. The third-order valence-electron chi connectivity index (χ3n) is 3.23. The summed E-state index contributed by atoms with van der Waals surface area (Å²) in [5, 5.41) is 3.29. The first-order chi connectivity index (χ1) is 10.1. The smallest absolute Gasteiger partial charge is 0.131 e. The molecule has 112 valence electrons. The molecule has 0 unspecified atom stereocenters. The maximum atomic E-state index is 14.4. The third kappa shape index (κ3) is 4.05. The van der Waals surface area contributed by atoms with Gasteiger partial charge in [0.2, 0.25) is 0 Å². The largest absolute Gasteiger partial charge is 0.493 e. The fraction of sp³-hybridized carbons (Fsp3) is 0.333. The van der Waals surface area contributed by atoms with Gasteiger partial charge in [-0.1, -0.05) is 44.2 Å². The average molecular weight is 287 g/mol. The minimum absolute atomic E-state index is 0.217. The molecule has 2 nitrogen and oxygen atoms in total. The van der Waals surface area contributed by atoms with Crippen molar-refractivity contribution in [3.8, 4) is 16.9 Å². The lowest BCUT2D eigenvalue weighted by atomic mass is 10.0. The third-order valence-corrected chi connectivity index (χ3v) is 3.23. The van der Waals surface area contributed by atoms with Crippen molar-refractivity contribution in [3.63, 3.8) is 0 Å². The molecule has 2 aromatic rings.